The van der Waals surface area contributed by atoms with Crippen LogP contribution in [0.5, 0.6) is 0 Å². The first-order valence-electron chi connectivity index (χ1n) is 8.15. The molecule has 3 atom stereocenters. The molecular weight excluding hydrogens is 294 g/mol. The molecule has 0 aromatic carbocycles. The summed E-state index contributed by atoms with van der Waals surface area (Å²) in [7, 11) is 2.26. The number of aryl methyl sites for hydroxylation is 2. The van der Waals surface area contributed by atoms with Gasteiger partial charge in [-0.05, 0) is 27.3 Å². The molecule has 3 heterocycles. The van der Waals surface area contributed by atoms with Crippen molar-refractivity contribution in [1.29, 1.82) is 0 Å². The molecule has 1 aliphatic heterocycles. The van der Waals surface area contributed by atoms with Crippen LogP contribution in [-0.4, -0.2) is 40.1 Å². The van der Waals surface area contributed by atoms with E-state index in [2.05, 4.69) is 50.2 Å². The zero-order chi connectivity index (χ0) is 15.6. The van der Waals surface area contributed by atoms with Crippen molar-refractivity contribution in [1.82, 2.24) is 14.3 Å². The van der Waals surface area contributed by atoms with Gasteiger partial charge in [0.05, 0.1) is 17.5 Å². The highest BCUT2D eigenvalue weighted by Gasteiger charge is 2.60. The molecule has 2 fully saturated rings. The highest BCUT2D eigenvalue weighted by Crippen LogP contribution is 2.54. The van der Waals surface area contributed by atoms with E-state index in [0.29, 0.717) is 18.1 Å². The minimum atomic E-state index is 0.248. The predicted molar refractivity (Wildman–Crippen MR) is 89.4 cm³/mol. The normalized spacial score (nSPS) is 30.0. The molecule has 0 spiro atoms. The van der Waals surface area contributed by atoms with Crippen LogP contribution in [0, 0.1) is 25.2 Å². The maximum absolute atomic E-state index is 5.94. The summed E-state index contributed by atoms with van der Waals surface area (Å²) in [6.45, 7) is 10.9. The number of hydrogen-bond donors (Lipinski definition) is 0. The molecule has 5 heteroatoms. The zero-order valence-corrected chi connectivity index (χ0v) is 14.9. The van der Waals surface area contributed by atoms with E-state index in [9.17, 15) is 0 Å². The van der Waals surface area contributed by atoms with Gasteiger partial charge in [0.25, 0.3) is 0 Å². The Kier molecular flexibility index (Phi) is 3.19. The molecule has 4 nitrogen and oxygen atoms in total. The summed E-state index contributed by atoms with van der Waals surface area (Å²) < 4.78 is 8.22. The van der Waals surface area contributed by atoms with E-state index in [0.717, 1.165) is 23.8 Å². The van der Waals surface area contributed by atoms with Gasteiger partial charge in [-0.2, -0.15) is 0 Å². The van der Waals surface area contributed by atoms with Gasteiger partial charge in [-0.1, -0.05) is 13.8 Å². The molecule has 1 saturated carbocycles. The van der Waals surface area contributed by atoms with E-state index in [1.165, 1.54) is 17.0 Å². The first-order valence-corrected chi connectivity index (χ1v) is 8.97. The predicted octanol–water partition coefficient (Wildman–Crippen LogP) is 3.26. The quantitative estimate of drug-likeness (QED) is 0.870. The first kappa shape index (κ1) is 14.7. The van der Waals surface area contributed by atoms with Crippen LogP contribution >= 0.6 is 11.3 Å². The summed E-state index contributed by atoms with van der Waals surface area (Å²) in [5.41, 5.74) is 2.74. The van der Waals surface area contributed by atoms with Crippen molar-refractivity contribution < 1.29 is 4.74 Å². The molecular formula is C17H25N3OS. The Balaban J connectivity index is 1.61. The molecule has 0 bridgehead atoms. The molecule has 2 aromatic rings. The van der Waals surface area contributed by atoms with Crippen LogP contribution in [0.25, 0.3) is 4.96 Å². The van der Waals surface area contributed by atoms with E-state index < -0.39 is 0 Å². The van der Waals surface area contributed by atoms with E-state index >= 15 is 0 Å². The van der Waals surface area contributed by atoms with Crippen molar-refractivity contribution in [3.05, 3.63) is 22.5 Å². The van der Waals surface area contributed by atoms with Gasteiger partial charge in [-0.3, -0.25) is 9.30 Å². The molecule has 0 unspecified atom stereocenters. The number of nitrogens with zero attached hydrogens (tertiary/aromatic N) is 3. The maximum Gasteiger partial charge on any atom is 0.194 e. The van der Waals surface area contributed by atoms with Crippen molar-refractivity contribution in [3.8, 4) is 0 Å². The lowest BCUT2D eigenvalue weighted by Gasteiger charge is -2.58. The second-order valence-corrected chi connectivity index (χ2v) is 8.78. The summed E-state index contributed by atoms with van der Waals surface area (Å²) in [6, 6.07) is 0.602. The second-order valence-electron chi connectivity index (χ2n) is 7.56. The Morgan fingerprint density at radius 1 is 1.45 bits per heavy atom. The van der Waals surface area contributed by atoms with Gasteiger partial charge in [0, 0.05) is 41.6 Å². The van der Waals surface area contributed by atoms with Crippen molar-refractivity contribution >= 4 is 16.3 Å². The Morgan fingerprint density at radius 3 is 3.00 bits per heavy atom. The molecule has 22 heavy (non-hydrogen) atoms. The van der Waals surface area contributed by atoms with Crippen LogP contribution < -0.4 is 0 Å². The summed E-state index contributed by atoms with van der Waals surface area (Å²) in [5.74, 6) is 0.702. The highest BCUT2D eigenvalue weighted by molar-refractivity contribution is 7.17. The van der Waals surface area contributed by atoms with E-state index in [-0.39, 0.29) is 5.41 Å². The number of fused-ring (bicyclic) bond motifs is 2. The zero-order valence-electron chi connectivity index (χ0n) is 14.1. The number of imidazole rings is 1. The molecule has 1 aliphatic carbocycles. The lowest BCUT2D eigenvalue weighted by molar-refractivity contribution is -0.151. The summed E-state index contributed by atoms with van der Waals surface area (Å²) in [6.07, 6.45) is 3.88. The average Bonchev–Trinajstić information content (AvgIpc) is 3.06. The van der Waals surface area contributed by atoms with Gasteiger partial charge in [0.15, 0.2) is 4.96 Å². The summed E-state index contributed by atoms with van der Waals surface area (Å²) >= 11 is 1.77. The second kappa shape index (κ2) is 4.79. The Morgan fingerprint density at radius 2 is 2.23 bits per heavy atom. The highest BCUT2D eigenvalue weighted by atomic mass is 32.1. The fourth-order valence-corrected chi connectivity index (χ4v) is 5.72. The van der Waals surface area contributed by atoms with Gasteiger partial charge in [-0.15, -0.1) is 11.3 Å². The molecule has 2 aromatic heterocycles. The van der Waals surface area contributed by atoms with Crippen molar-refractivity contribution in [2.24, 2.45) is 11.3 Å². The molecule has 0 radical (unpaired) electrons. The minimum Gasteiger partial charge on any atom is -0.377 e. The average molecular weight is 319 g/mol. The van der Waals surface area contributed by atoms with Crippen molar-refractivity contribution in [2.75, 3.05) is 13.7 Å². The van der Waals surface area contributed by atoms with Crippen LogP contribution in [0.3, 0.4) is 0 Å². The standard InChI is InChI=1S/C17H25N3OS/c1-10-8-20-13(11(2)18-16(20)22-10)9-19(5)14-12-6-7-21-15(12)17(14,3)4/h8,12,14-15H,6-7,9H2,1-5H3/t12-,14-,15+/m1/s1. The Labute approximate surface area is 136 Å². The van der Waals surface area contributed by atoms with E-state index in [1.807, 2.05) is 0 Å². The molecule has 120 valence electrons. The fraction of sp³-hybridized carbons (Fsp3) is 0.706. The number of hydrogen-bond acceptors (Lipinski definition) is 4. The van der Waals surface area contributed by atoms with E-state index in [1.54, 1.807) is 11.3 Å². The minimum absolute atomic E-state index is 0.248. The lowest BCUT2D eigenvalue weighted by atomic mass is 9.57. The number of ether oxygens (including phenoxy) is 1. The van der Waals surface area contributed by atoms with E-state index in [4.69, 9.17) is 9.72 Å². The van der Waals surface area contributed by atoms with Crippen LogP contribution in [0.4, 0.5) is 0 Å². The number of aromatic nitrogens is 2. The molecule has 2 aliphatic rings. The van der Waals surface area contributed by atoms with Crippen LogP contribution in [-0.2, 0) is 11.3 Å². The topological polar surface area (TPSA) is 29.8 Å². The third-order valence-corrected chi connectivity index (χ3v) is 6.55. The van der Waals surface area contributed by atoms with Gasteiger partial charge >= 0.3 is 0 Å². The van der Waals surface area contributed by atoms with Crippen LogP contribution in [0.1, 0.15) is 36.5 Å². The number of rotatable bonds is 3. The van der Waals surface area contributed by atoms with Gasteiger partial charge < -0.3 is 4.74 Å². The van der Waals surface area contributed by atoms with Crippen molar-refractivity contribution in [3.63, 3.8) is 0 Å². The Bertz CT molecular complexity index is 717. The maximum atomic E-state index is 5.94. The first-order chi connectivity index (χ1) is 10.4. The molecule has 0 amide bonds. The largest absolute Gasteiger partial charge is 0.377 e. The van der Waals surface area contributed by atoms with Crippen LogP contribution in [0.2, 0.25) is 0 Å². The molecule has 1 saturated heterocycles. The SMILES string of the molecule is Cc1cn2c(CN(C)[C@@H]3[C@H]4CCO[C@@H]4C3(C)C)c(C)nc2s1. The van der Waals surface area contributed by atoms with Gasteiger partial charge in [0.1, 0.15) is 0 Å². The molecule has 4 rings (SSSR count). The monoisotopic (exact) mass is 319 g/mol. The van der Waals surface area contributed by atoms with Crippen LogP contribution in [0.15, 0.2) is 6.20 Å². The fourth-order valence-electron chi connectivity index (χ4n) is 4.83. The third-order valence-electron chi connectivity index (χ3n) is 5.65. The number of thiazole rings is 1. The smallest absolute Gasteiger partial charge is 0.194 e. The lowest BCUT2D eigenvalue weighted by Crippen LogP contribution is -2.65. The van der Waals surface area contributed by atoms with Gasteiger partial charge in [0.2, 0.25) is 0 Å². The van der Waals surface area contributed by atoms with Gasteiger partial charge in [-0.25, -0.2) is 4.98 Å². The summed E-state index contributed by atoms with van der Waals surface area (Å²) in [4.78, 5) is 9.69. The van der Waals surface area contributed by atoms with Crippen molar-refractivity contribution in [2.45, 2.75) is 52.8 Å². The summed E-state index contributed by atoms with van der Waals surface area (Å²) in [5, 5.41) is 0. The Hall–Kier alpha value is -0.910. The molecule has 0 N–H and O–H groups in total. The third kappa shape index (κ3) is 1.92.